The highest BCUT2D eigenvalue weighted by atomic mass is 16.5. The van der Waals surface area contributed by atoms with Gasteiger partial charge in [0.2, 0.25) is 5.91 Å². The summed E-state index contributed by atoms with van der Waals surface area (Å²) < 4.78 is 7.79. The van der Waals surface area contributed by atoms with Gasteiger partial charge in [-0.05, 0) is 41.3 Å². The van der Waals surface area contributed by atoms with Gasteiger partial charge in [0.1, 0.15) is 11.6 Å². The van der Waals surface area contributed by atoms with Crippen LogP contribution in [-0.4, -0.2) is 29.1 Å². The minimum absolute atomic E-state index is 0.0183. The molecule has 5 rings (SSSR count). The van der Waals surface area contributed by atoms with Gasteiger partial charge < -0.3 is 14.2 Å². The number of imidazole rings is 1. The number of anilines is 1. The molecule has 1 fully saturated rings. The van der Waals surface area contributed by atoms with E-state index in [4.69, 9.17) is 9.72 Å². The van der Waals surface area contributed by atoms with Crippen LogP contribution < -0.4 is 9.64 Å². The predicted octanol–water partition coefficient (Wildman–Crippen LogP) is 5.74. The van der Waals surface area contributed by atoms with E-state index in [1.165, 1.54) is 11.1 Å². The van der Waals surface area contributed by atoms with Gasteiger partial charge in [-0.3, -0.25) is 4.79 Å². The number of aromatic nitrogens is 2. The van der Waals surface area contributed by atoms with E-state index in [1.54, 1.807) is 7.11 Å². The summed E-state index contributed by atoms with van der Waals surface area (Å²) in [6.07, 6.45) is 0.438. The zero-order valence-corrected chi connectivity index (χ0v) is 19.4. The van der Waals surface area contributed by atoms with Gasteiger partial charge in [-0.15, -0.1) is 0 Å². The molecule has 2 heterocycles. The third-order valence-corrected chi connectivity index (χ3v) is 6.54. The molecule has 1 saturated heterocycles. The first-order chi connectivity index (χ1) is 16.0. The highest BCUT2D eigenvalue weighted by Crippen LogP contribution is 2.37. The van der Waals surface area contributed by atoms with Crippen molar-refractivity contribution in [1.82, 2.24) is 9.55 Å². The zero-order chi connectivity index (χ0) is 22.9. The number of amides is 1. The Balaban J connectivity index is 1.50. The number of hydrogen-bond acceptors (Lipinski definition) is 3. The van der Waals surface area contributed by atoms with Crippen LogP contribution >= 0.6 is 0 Å². The first-order valence-electron chi connectivity index (χ1n) is 11.5. The molecule has 1 atom stereocenters. The summed E-state index contributed by atoms with van der Waals surface area (Å²) in [5.74, 6) is 2.31. The Bertz CT molecular complexity index is 1290. The summed E-state index contributed by atoms with van der Waals surface area (Å²) in [7, 11) is 1.64. The highest BCUT2D eigenvalue weighted by molar-refractivity contribution is 5.97. The number of nitrogens with zero attached hydrogens (tertiary/aromatic N) is 3. The van der Waals surface area contributed by atoms with Gasteiger partial charge in [0, 0.05) is 25.4 Å². The van der Waals surface area contributed by atoms with Crippen molar-refractivity contribution in [3.63, 3.8) is 0 Å². The fourth-order valence-electron chi connectivity index (χ4n) is 4.73. The van der Waals surface area contributed by atoms with Crippen LogP contribution in [0.4, 0.5) is 5.69 Å². The van der Waals surface area contributed by atoms with Crippen LogP contribution in [0.1, 0.15) is 49.1 Å². The first-order valence-corrected chi connectivity index (χ1v) is 11.5. The van der Waals surface area contributed by atoms with Crippen molar-refractivity contribution in [2.24, 2.45) is 0 Å². The predicted molar refractivity (Wildman–Crippen MR) is 132 cm³/mol. The van der Waals surface area contributed by atoms with Crippen molar-refractivity contribution in [2.75, 3.05) is 18.6 Å². The van der Waals surface area contributed by atoms with Crippen LogP contribution in [0.2, 0.25) is 0 Å². The molecule has 1 aliphatic rings. The van der Waals surface area contributed by atoms with Gasteiger partial charge in [0.05, 0.1) is 23.8 Å². The molecule has 1 aliphatic heterocycles. The molecule has 0 aliphatic carbocycles. The molecule has 0 unspecified atom stereocenters. The third kappa shape index (κ3) is 3.99. The average molecular weight is 440 g/mol. The fourth-order valence-corrected chi connectivity index (χ4v) is 4.73. The fraction of sp³-hybridized carbons (Fsp3) is 0.286. The summed E-state index contributed by atoms with van der Waals surface area (Å²) in [6, 6.07) is 24.7. The molecule has 0 bridgehead atoms. The molecule has 0 N–H and O–H groups in total. The van der Waals surface area contributed by atoms with Crippen LogP contribution in [-0.2, 0) is 11.3 Å². The molecule has 0 spiro atoms. The van der Waals surface area contributed by atoms with E-state index >= 15 is 0 Å². The van der Waals surface area contributed by atoms with E-state index in [0.717, 1.165) is 29.1 Å². The maximum atomic E-state index is 13.0. The molecule has 1 amide bonds. The van der Waals surface area contributed by atoms with Crippen LogP contribution in [0.15, 0.2) is 72.8 Å². The second-order valence-corrected chi connectivity index (χ2v) is 9.02. The first kappa shape index (κ1) is 21.3. The summed E-state index contributed by atoms with van der Waals surface area (Å²) in [4.78, 5) is 19.9. The second kappa shape index (κ2) is 8.74. The molecule has 5 nitrogen and oxygen atoms in total. The smallest absolute Gasteiger partial charge is 0.227 e. The van der Waals surface area contributed by atoms with E-state index in [-0.39, 0.29) is 11.8 Å². The number of carbonyl (C=O) groups excluding carboxylic acids is 1. The normalized spacial score (nSPS) is 16.2. The number of hydrogen-bond donors (Lipinski definition) is 0. The van der Waals surface area contributed by atoms with E-state index in [1.807, 2.05) is 47.4 Å². The topological polar surface area (TPSA) is 47.4 Å². The van der Waals surface area contributed by atoms with E-state index in [9.17, 15) is 4.79 Å². The van der Waals surface area contributed by atoms with Gasteiger partial charge in [-0.25, -0.2) is 4.98 Å². The Hall–Kier alpha value is -3.60. The lowest BCUT2D eigenvalue weighted by Gasteiger charge is -2.20. The van der Waals surface area contributed by atoms with Crippen molar-refractivity contribution in [3.05, 3.63) is 89.7 Å². The van der Waals surface area contributed by atoms with E-state index in [0.29, 0.717) is 24.6 Å². The Morgan fingerprint density at radius 2 is 1.73 bits per heavy atom. The second-order valence-electron chi connectivity index (χ2n) is 9.02. The van der Waals surface area contributed by atoms with Gasteiger partial charge in [-0.1, -0.05) is 62.4 Å². The summed E-state index contributed by atoms with van der Waals surface area (Å²) >= 11 is 0. The lowest BCUT2D eigenvalue weighted by atomic mass is 10.0. The molecular formula is C28H29N3O2. The number of fused-ring (bicyclic) bond motifs is 1. The molecule has 1 aromatic heterocycles. The number of rotatable bonds is 6. The van der Waals surface area contributed by atoms with Crippen LogP contribution in [0, 0.1) is 0 Å². The number of methoxy groups -OCH3 is 1. The van der Waals surface area contributed by atoms with E-state index in [2.05, 4.69) is 48.7 Å². The van der Waals surface area contributed by atoms with Crippen molar-refractivity contribution >= 4 is 22.6 Å². The highest BCUT2D eigenvalue weighted by Gasteiger charge is 2.36. The minimum Gasteiger partial charge on any atom is -0.495 e. The zero-order valence-electron chi connectivity index (χ0n) is 19.4. The molecule has 0 saturated carbocycles. The number of benzene rings is 3. The summed E-state index contributed by atoms with van der Waals surface area (Å²) in [6.45, 7) is 5.74. The molecule has 5 heteroatoms. The van der Waals surface area contributed by atoms with E-state index < -0.39 is 0 Å². The molecule has 3 aromatic carbocycles. The van der Waals surface area contributed by atoms with Crippen molar-refractivity contribution in [2.45, 2.75) is 38.6 Å². The standard InChI is InChI=1S/C28H29N3O2/c1-19(2)21-14-12-20(13-15-21)17-31-24-9-5-4-8-23(24)29-28(31)22-16-27(32)30(18-22)25-10-6-7-11-26(25)33-3/h4-15,19,22H,16-18H2,1-3H3/t22-/m0/s1. The van der Waals surface area contributed by atoms with Gasteiger partial charge >= 0.3 is 0 Å². The van der Waals surface area contributed by atoms with Gasteiger partial charge in [0.15, 0.2) is 0 Å². The van der Waals surface area contributed by atoms with Gasteiger partial charge in [-0.2, -0.15) is 0 Å². The van der Waals surface area contributed by atoms with Crippen molar-refractivity contribution < 1.29 is 9.53 Å². The van der Waals surface area contributed by atoms with Crippen LogP contribution in [0.3, 0.4) is 0 Å². The van der Waals surface area contributed by atoms with Crippen molar-refractivity contribution in [1.29, 1.82) is 0 Å². The maximum absolute atomic E-state index is 13.0. The SMILES string of the molecule is COc1ccccc1N1C[C@@H](c2nc3ccccc3n2Cc2ccc(C(C)C)cc2)CC1=O. The molecule has 168 valence electrons. The molecule has 33 heavy (non-hydrogen) atoms. The number of ether oxygens (including phenoxy) is 1. The van der Waals surface area contributed by atoms with Crippen LogP contribution in [0.5, 0.6) is 5.75 Å². The molecule has 4 aromatic rings. The lowest BCUT2D eigenvalue weighted by Crippen LogP contribution is -2.25. The average Bonchev–Trinajstić information content (AvgIpc) is 3.40. The third-order valence-electron chi connectivity index (χ3n) is 6.54. The summed E-state index contributed by atoms with van der Waals surface area (Å²) in [5.41, 5.74) is 5.45. The van der Waals surface area contributed by atoms with Gasteiger partial charge in [0.25, 0.3) is 0 Å². The Morgan fingerprint density at radius 1 is 1.00 bits per heavy atom. The largest absolute Gasteiger partial charge is 0.495 e. The quantitative estimate of drug-likeness (QED) is 0.385. The van der Waals surface area contributed by atoms with Crippen LogP contribution in [0.25, 0.3) is 11.0 Å². The Morgan fingerprint density at radius 3 is 2.48 bits per heavy atom. The number of para-hydroxylation sites is 4. The lowest BCUT2D eigenvalue weighted by molar-refractivity contribution is -0.117. The summed E-state index contributed by atoms with van der Waals surface area (Å²) in [5, 5.41) is 0. The Kier molecular flexibility index (Phi) is 5.63. The van der Waals surface area contributed by atoms with Crippen molar-refractivity contribution in [3.8, 4) is 5.75 Å². The minimum atomic E-state index is 0.0183. The molecular weight excluding hydrogens is 410 g/mol. The Labute approximate surface area is 194 Å². The monoisotopic (exact) mass is 439 g/mol. The molecule has 0 radical (unpaired) electrons. The number of carbonyl (C=O) groups is 1. The maximum Gasteiger partial charge on any atom is 0.227 e.